The van der Waals surface area contributed by atoms with Gasteiger partial charge in [-0.05, 0) is 13.3 Å². The van der Waals surface area contributed by atoms with Gasteiger partial charge in [0, 0.05) is 12.5 Å². The molecule has 2 aromatic rings. The molecule has 6 nitrogen and oxygen atoms in total. The predicted octanol–water partition coefficient (Wildman–Crippen LogP) is 1.86. The highest BCUT2D eigenvalue weighted by atomic mass is 35.5. The third-order valence-electron chi connectivity index (χ3n) is 2.45. The summed E-state index contributed by atoms with van der Waals surface area (Å²) >= 11 is 5.99. The number of anilines is 1. The second-order valence-electron chi connectivity index (χ2n) is 3.93. The highest BCUT2D eigenvalue weighted by Crippen LogP contribution is 2.17. The molecule has 0 unspecified atom stereocenters. The molecule has 7 heteroatoms. The van der Waals surface area contributed by atoms with Gasteiger partial charge in [0.15, 0.2) is 5.82 Å². The lowest BCUT2D eigenvalue weighted by atomic mass is 10.3. The molecule has 0 aromatic carbocycles. The number of nitrogen functional groups attached to an aromatic ring is 1. The van der Waals surface area contributed by atoms with Crippen LogP contribution in [0.25, 0.3) is 5.82 Å². The molecule has 18 heavy (non-hydrogen) atoms. The summed E-state index contributed by atoms with van der Waals surface area (Å²) in [5.41, 5.74) is 3.29. The summed E-state index contributed by atoms with van der Waals surface area (Å²) in [6, 6.07) is 1.72. The van der Waals surface area contributed by atoms with Crippen molar-refractivity contribution in [1.29, 1.82) is 0 Å². The van der Waals surface area contributed by atoms with Crippen LogP contribution < -0.4 is 11.3 Å². The molecule has 3 N–H and O–H groups in total. The molecule has 0 atom stereocenters. The van der Waals surface area contributed by atoms with Crippen molar-refractivity contribution in [1.82, 2.24) is 19.7 Å². The summed E-state index contributed by atoms with van der Waals surface area (Å²) in [6.45, 7) is 3.91. The Morgan fingerprint density at radius 1 is 1.44 bits per heavy atom. The van der Waals surface area contributed by atoms with Gasteiger partial charge < -0.3 is 5.43 Å². The Morgan fingerprint density at radius 3 is 2.78 bits per heavy atom. The molecule has 0 fully saturated rings. The molecule has 0 amide bonds. The van der Waals surface area contributed by atoms with Crippen LogP contribution in [0.15, 0.2) is 12.3 Å². The van der Waals surface area contributed by atoms with Crippen molar-refractivity contribution in [2.24, 2.45) is 5.84 Å². The van der Waals surface area contributed by atoms with Crippen LogP contribution in [-0.4, -0.2) is 19.7 Å². The largest absolute Gasteiger partial charge is 0.308 e. The van der Waals surface area contributed by atoms with E-state index < -0.39 is 0 Å². The Kier molecular flexibility index (Phi) is 3.78. The zero-order valence-corrected chi connectivity index (χ0v) is 11.1. The number of nitrogens with zero attached hydrogens (tertiary/aromatic N) is 4. The third-order valence-corrected chi connectivity index (χ3v) is 2.83. The average molecular weight is 267 g/mol. The molecule has 0 aliphatic carbocycles. The van der Waals surface area contributed by atoms with Crippen LogP contribution in [0.4, 0.5) is 5.82 Å². The van der Waals surface area contributed by atoms with Crippen LogP contribution in [0.1, 0.15) is 24.9 Å². The normalized spacial score (nSPS) is 10.7. The fraction of sp³-hybridized carbons (Fsp3) is 0.364. The van der Waals surface area contributed by atoms with E-state index in [4.69, 9.17) is 17.4 Å². The Labute approximate surface area is 110 Å². The van der Waals surface area contributed by atoms with E-state index >= 15 is 0 Å². The van der Waals surface area contributed by atoms with Crippen molar-refractivity contribution in [3.63, 3.8) is 0 Å². The number of hydrogen-bond acceptors (Lipinski definition) is 5. The lowest BCUT2D eigenvalue weighted by molar-refractivity contribution is 0.780. The molecular formula is C11H15ClN6. The molecule has 2 heterocycles. The number of halogens is 1. The molecule has 0 radical (unpaired) electrons. The van der Waals surface area contributed by atoms with Crippen LogP contribution >= 0.6 is 11.6 Å². The molecule has 2 aromatic heterocycles. The standard InChI is InChI=1S/C11H15ClN6/c1-3-4-9-14-10(16-13)5-11(15-9)18-6-8(12)7(2)17-18/h5-6H,3-4,13H2,1-2H3,(H,14,15,16). The summed E-state index contributed by atoms with van der Waals surface area (Å²) in [5.74, 6) is 7.34. The third kappa shape index (κ3) is 2.60. The maximum absolute atomic E-state index is 5.99. The first-order valence-corrected chi connectivity index (χ1v) is 6.08. The van der Waals surface area contributed by atoms with Crippen molar-refractivity contribution in [2.45, 2.75) is 26.7 Å². The molecular weight excluding hydrogens is 252 g/mol. The fourth-order valence-electron chi connectivity index (χ4n) is 1.57. The van der Waals surface area contributed by atoms with Gasteiger partial charge in [0.1, 0.15) is 11.6 Å². The maximum Gasteiger partial charge on any atom is 0.159 e. The molecule has 0 saturated heterocycles. The lowest BCUT2D eigenvalue weighted by Gasteiger charge is -2.06. The highest BCUT2D eigenvalue weighted by Gasteiger charge is 2.08. The van der Waals surface area contributed by atoms with E-state index in [-0.39, 0.29) is 0 Å². The van der Waals surface area contributed by atoms with Gasteiger partial charge >= 0.3 is 0 Å². The second-order valence-corrected chi connectivity index (χ2v) is 4.34. The SMILES string of the molecule is CCCc1nc(NN)cc(-n2cc(Cl)c(C)n2)n1. The van der Waals surface area contributed by atoms with E-state index in [2.05, 4.69) is 27.4 Å². The van der Waals surface area contributed by atoms with Crippen LogP contribution in [-0.2, 0) is 6.42 Å². The van der Waals surface area contributed by atoms with Crippen LogP contribution in [0.2, 0.25) is 5.02 Å². The van der Waals surface area contributed by atoms with E-state index in [0.717, 1.165) is 24.4 Å². The molecule has 2 rings (SSSR count). The summed E-state index contributed by atoms with van der Waals surface area (Å²) in [4.78, 5) is 8.71. The average Bonchev–Trinajstić information content (AvgIpc) is 2.70. The summed E-state index contributed by atoms with van der Waals surface area (Å²) in [6.07, 6.45) is 3.47. The number of aryl methyl sites for hydroxylation is 2. The minimum absolute atomic E-state index is 0.563. The van der Waals surface area contributed by atoms with Gasteiger partial charge in [-0.3, -0.25) is 0 Å². The van der Waals surface area contributed by atoms with Crippen LogP contribution in [0.5, 0.6) is 0 Å². The Balaban J connectivity index is 2.45. The summed E-state index contributed by atoms with van der Waals surface area (Å²) < 4.78 is 1.62. The van der Waals surface area contributed by atoms with Crippen molar-refractivity contribution in [3.8, 4) is 5.82 Å². The number of hydrogen-bond donors (Lipinski definition) is 2. The van der Waals surface area contributed by atoms with Crippen molar-refractivity contribution in [2.75, 3.05) is 5.43 Å². The van der Waals surface area contributed by atoms with Gasteiger partial charge in [-0.1, -0.05) is 18.5 Å². The second kappa shape index (κ2) is 5.32. The summed E-state index contributed by atoms with van der Waals surface area (Å²) in [7, 11) is 0. The molecule has 0 saturated carbocycles. The number of nitrogens with one attached hydrogen (secondary N) is 1. The van der Waals surface area contributed by atoms with Crippen LogP contribution in [0, 0.1) is 6.92 Å². The first-order chi connectivity index (χ1) is 8.63. The quantitative estimate of drug-likeness (QED) is 0.652. The molecule has 96 valence electrons. The minimum Gasteiger partial charge on any atom is -0.308 e. The van der Waals surface area contributed by atoms with Gasteiger partial charge in [-0.2, -0.15) is 5.10 Å². The zero-order chi connectivity index (χ0) is 13.1. The van der Waals surface area contributed by atoms with E-state index in [1.54, 1.807) is 16.9 Å². The monoisotopic (exact) mass is 266 g/mol. The van der Waals surface area contributed by atoms with E-state index in [0.29, 0.717) is 16.7 Å². The van der Waals surface area contributed by atoms with Gasteiger partial charge in [-0.25, -0.2) is 20.5 Å². The van der Waals surface area contributed by atoms with Crippen molar-refractivity contribution in [3.05, 3.63) is 28.8 Å². The zero-order valence-electron chi connectivity index (χ0n) is 10.3. The molecule has 0 aliphatic rings. The first kappa shape index (κ1) is 12.8. The van der Waals surface area contributed by atoms with Gasteiger partial charge in [-0.15, -0.1) is 0 Å². The molecule has 0 bridgehead atoms. The predicted molar refractivity (Wildman–Crippen MR) is 70.7 cm³/mol. The minimum atomic E-state index is 0.563. The van der Waals surface area contributed by atoms with Gasteiger partial charge in [0.25, 0.3) is 0 Å². The lowest BCUT2D eigenvalue weighted by Crippen LogP contribution is -2.12. The van der Waals surface area contributed by atoms with Gasteiger partial charge in [0.2, 0.25) is 0 Å². The highest BCUT2D eigenvalue weighted by molar-refractivity contribution is 6.31. The van der Waals surface area contributed by atoms with E-state index in [9.17, 15) is 0 Å². The Hall–Kier alpha value is -1.66. The van der Waals surface area contributed by atoms with E-state index in [1.165, 1.54) is 0 Å². The maximum atomic E-state index is 5.99. The van der Waals surface area contributed by atoms with E-state index in [1.807, 2.05) is 6.92 Å². The van der Waals surface area contributed by atoms with Crippen molar-refractivity contribution >= 4 is 17.4 Å². The topological polar surface area (TPSA) is 81.6 Å². The smallest absolute Gasteiger partial charge is 0.159 e. The number of aromatic nitrogens is 4. The number of rotatable bonds is 4. The summed E-state index contributed by atoms with van der Waals surface area (Å²) in [5, 5.41) is 4.89. The van der Waals surface area contributed by atoms with Crippen molar-refractivity contribution < 1.29 is 0 Å². The van der Waals surface area contributed by atoms with Crippen LogP contribution in [0.3, 0.4) is 0 Å². The molecule has 0 spiro atoms. The fourth-order valence-corrected chi connectivity index (χ4v) is 1.70. The Bertz CT molecular complexity index is 531. The number of hydrazine groups is 1. The van der Waals surface area contributed by atoms with Gasteiger partial charge in [0.05, 0.1) is 16.9 Å². The first-order valence-electron chi connectivity index (χ1n) is 5.70. The Morgan fingerprint density at radius 2 is 2.22 bits per heavy atom. The molecule has 0 aliphatic heterocycles. The number of nitrogens with two attached hydrogens (primary N) is 1.